The second-order valence-corrected chi connectivity index (χ2v) is 6.98. The van der Waals surface area contributed by atoms with Gasteiger partial charge in [0, 0.05) is 29.6 Å². The van der Waals surface area contributed by atoms with Crippen LogP contribution in [0.1, 0.15) is 33.0 Å². The summed E-state index contributed by atoms with van der Waals surface area (Å²) in [5, 5.41) is 6.85. The van der Waals surface area contributed by atoms with Gasteiger partial charge in [-0.1, -0.05) is 17.3 Å². The highest BCUT2D eigenvalue weighted by molar-refractivity contribution is 7.09. The number of benzene rings is 1. The third kappa shape index (κ3) is 2.71. The Morgan fingerprint density at radius 3 is 2.54 bits per heavy atom. The zero-order valence-corrected chi connectivity index (χ0v) is 14.2. The Morgan fingerprint density at radius 1 is 1.21 bits per heavy atom. The van der Waals surface area contributed by atoms with Gasteiger partial charge in [0.05, 0.1) is 16.6 Å². The van der Waals surface area contributed by atoms with E-state index in [1.165, 1.54) is 0 Å². The molecule has 1 aliphatic heterocycles. The molecule has 4 rings (SSSR count). The summed E-state index contributed by atoms with van der Waals surface area (Å²) in [6, 6.07) is 7.60. The molecule has 6 nitrogen and oxygen atoms in total. The third-order valence-corrected chi connectivity index (χ3v) is 4.88. The number of thiazole rings is 1. The highest BCUT2D eigenvalue weighted by Gasteiger charge is 2.35. The maximum atomic E-state index is 12.5. The van der Waals surface area contributed by atoms with Gasteiger partial charge in [-0.25, -0.2) is 4.98 Å². The van der Waals surface area contributed by atoms with Gasteiger partial charge in [-0.3, -0.25) is 4.79 Å². The number of carbonyl (C=O) groups is 1. The second-order valence-electron chi connectivity index (χ2n) is 5.92. The van der Waals surface area contributed by atoms with Crippen LogP contribution in [0.15, 0.2) is 34.2 Å². The zero-order valence-electron chi connectivity index (χ0n) is 13.4. The molecule has 1 aliphatic rings. The molecule has 1 fully saturated rings. The fraction of sp³-hybridized carbons (Fsp3) is 0.294. The molecule has 1 saturated heterocycles. The molecule has 24 heavy (non-hydrogen) atoms. The first-order valence-electron chi connectivity index (χ1n) is 7.72. The number of carbonyl (C=O) groups excluding carboxylic acids is 1. The molecular formula is C17H16N4O2S. The van der Waals surface area contributed by atoms with Crippen LogP contribution in [-0.4, -0.2) is 39.0 Å². The fourth-order valence-corrected chi connectivity index (χ4v) is 3.36. The lowest BCUT2D eigenvalue weighted by Gasteiger charge is -2.37. The van der Waals surface area contributed by atoms with Crippen LogP contribution < -0.4 is 0 Å². The van der Waals surface area contributed by atoms with Crippen LogP contribution in [0.4, 0.5) is 0 Å². The molecule has 0 spiro atoms. The SMILES string of the molecule is Cc1noc(C2CN(C(=O)c3ccc(-c4csc(C)n4)cc3)C2)n1. The van der Waals surface area contributed by atoms with E-state index in [9.17, 15) is 4.79 Å². The van der Waals surface area contributed by atoms with Gasteiger partial charge in [-0.15, -0.1) is 11.3 Å². The van der Waals surface area contributed by atoms with E-state index in [2.05, 4.69) is 15.1 Å². The van der Waals surface area contributed by atoms with Crippen LogP contribution >= 0.6 is 11.3 Å². The summed E-state index contributed by atoms with van der Waals surface area (Å²) in [7, 11) is 0. The van der Waals surface area contributed by atoms with Crippen molar-refractivity contribution in [1.82, 2.24) is 20.0 Å². The predicted molar refractivity (Wildman–Crippen MR) is 90.0 cm³/mol. The molecule has 122 valence electrons. The van der Waals surface area contributed by atoms with Crippen LogP contribution in [0.2, 0.25) is 0 Å². The minimum Gasteiger partial charge on any atom is -0.339 e. The molecule has 3 aromatic rings. The number of hydrogen-bond acceptors (Lipinski definition) is 6. The number of hydrogen-bond donors (Lipinski definition) is 0. The largest absolute Gasteiger partial charge is 0.339 e. The summed E-state index contributed by atoms with van der Waals surface area (Å²) in [6.07, 6.45) is 0. The standard InChI is InChI=1S/C17H16N4O2S/c1-10-18-16(23-20-10)14-7-21(8-14)17(22)13-5-3-12(4-6-13)15-9-24-11(2)19-15/h3-6,9,14H,7-8H2,1-2H3. The van der Waals surface area contributed by atoms with E-state index in [1.54, 1.807) is 23.2 Å². The van der Waals surface area contributed by atoms with Gasteiger partial charge >= 0.3 is 0 Å². The Bertz CT molecular complexity index is 878. The van der Waals surface area contributed by atoms with Gasteiger partial charge in [0.15, 0.2) is 5.82 Å². The Morgan fingerprint density at radius 2 is 1.96 bits per heavy atom. The molecule has 0 bridgehead atoms. The molecule has 3 heterocycles. The lowest BCUT2D eigenvalue weighted by atomic mass is 9.98. The van der Waals surface area contributed by atoms with Gasteiger partial charge < -0.3 is 9.42 Å². The van der Waals surface area contributed by atoms with Crippen molar-refractivity contribution in [1.29, 1.82) is 0 Å². The second kappa shape index (κ2) is 5.83. The van der Waals surface area contributed by atoms with E-state index in [0.717, 1.165) is 16.3 Å². The average Bonchev–Trinajstić information content (AvgIpc) is 3.15. The van der Waals surface area contributed by atoms with Crippen molar-refractivity contribution in [3.8, 4) is 11.3 Å². The number of rotatable bonds is 3. The lowest BCUT2D eigenvalue weighted by molar-refractivity contribution is 0.0569. The molecule has 0 atom stereocenters. The highest BCUT2D eigenvalue weighted by Crippen LogP contribution is 2.28. The summed E-state index contributed by atoms with van der Waals surface area (Å²) < 4.78 is 5.16. The van der Waals surface area contributed by atoms with E-state index >= 15 is 0 Å². The molecule has 1 amide bonds. The van der Waals surface area contributed by atoms with E-state index in [-0.39, 0.29) is 11.8 Å². The van der Waals surface area contributed by atoms with Crippen LogP contribution in [-0.2, 0) is 0 Å². The molecule has 2 aromatic heterocycles. The third-order valence-electron chi connectivity index (χ3n) is 4.11. The highest BCUT2D eigenvalue weighted by atomic mass is 32.1. The van der Waals surface area contributed by atoms with Crippen molar-refractivity contribution in [2.24, 2.45) is 0 Å². The number of aryl methyl sites for hydroxylation is 2. The first-order chi connectivity index (χ1) is 11.6. The predicted octanol–water partition coefficient (Wildman–Crippen LogP) is 3.05. The monoisotopic (exact) mass is 340 g/mol. The topological polar surface area (TPSA) is 72.1 Å². The molecule has 0 saturated carbocycles. The van der Waals surface area contributed by atoms with Crippen LogP contribution in [0.25, 0.3) is 11.3 Å². The Labute approximate surface area is 143 Å². The van der Waals surface area contributed by atoms with Crippen molar-refractivity contribution in [2.75, 3.05) is 13.1 Å². The van der Waals surface area contributed by atoms with Crippen LogP contribution in [0, 0.1) is 13.8 Å². The lowest BCUT2D eigenvalue weighted by Crippen LogP contribution is -2.48. The van der Waals surface area contributed by atoms with Gasteiger partial charge in [-0.05, 0) is 26.0 Å². The van der Waals surface area contributed by atoms with Crippen molar-refractivity contribution >= 4 is 17.2 Å². The summed E-state index contributed by atoms with van der Waals surface area (Å²) in [5.41, 5.74) is 2.66. The maximum absolute atomic E-state index is 12.5. The molecular weight excluding hydrogens is 324 g/mol. The fourth-order valence-electron chi connectivity index (χ4n) is 2.74. The first-order valence-corrected chi connectivity index (χ1v) is 8.60. The summed E-state index contributed by atoms with van der Waals surface area (Å²) in [4.78, 5) is 23.0. The van der Waals surface area contributed by atoms with Crippen molar-refractivity contribution in [3.63, 3.8) is 0 Å². The normalized spacial score (nSPS) is 14.7. The smallest absolute Gasteiger partial charge is 0.253 e. The van der Waals surface area contributed by atoms with Crippen LogP contribution in [0.3, 0.4) is 0 Å². The van der Waals surface area contributed by atoms with E-state index in [0.29, 0.717) is 30.4 Å². The Balaban J connectivity index is 1.42. The molecule has 7 heteroatoms. The maximum Gasteiger partial charge on any atom is 0.253 e. The van der Waals surface area contributed by atoms with E-state index < -0.39 is 0 Å². The van der Waals surface area contributed by atoms with Crippen LogP contribution in [0.5, 0.6) is 0 Å². The van der Waals surface area contributed by atoms with Gasteiger partial charge in [-0.2, -0.15) is 4.98 Å². The minimum absolute atomic E-state index is 0.0310. The van der Waals surface area contributed by atoms with E-state index in [4.69, 9.17) is 4.52 Å². The van der Waals surface area contributed by atoms with E-state index in [1.807, 2.05) is 36.6 Å². The molecule has 0 radical (unpaired) electrons. The first kappa shape index (κ1) is 15.0. The minimum atomic E-state index is 0.0310. The molecule has 0 aliphatic carbocycles. The van der Waals surface area contributed by atoms with Gasteiger partial charge in [0.1, 0.15) is 0 Å². The number of likely N-dealkylation sites (tertiary alicyclic amines) is 1. The number of amides is 1. The van der Waals surface area contributed by atoms with Crippen molar-refractivity contribution < 1.29 is 9.32 Å². The van der Waals surface area contributed by atoms with Crippen molar-refractivity contribution in [2.45, 2.75) is 19.8 Å². The number of aromatic nitrogens is 3. The Kier molecular flexibility index (Phi) is 3.65. The summed E-state index contributed by atoms with van der Waals surface area (Å²) >= 11 is 1.62. The van der Waals surface area contributed by atoms with Gasteiger partial charge in [0.2, 0.25) is 5.89 Å². The van der Waals surface area contributed by atoms with Gasteiger partial charge in [0.25, 0.3) is 5.91 Å². The average molecular weight is 340 g/mol. The van der Waals surface area contributed by atoms with Crippen molar-refractivity contribution in [3.05, 3.63) is 51.9 Å². The summed E-state index contributed by atoms with van der Waals surface area (Å²) in [5.74, 6) is 1.42. The number of nitrogens with zero attached hydrogens (tertiary/aromatic N) is 4. The zero-order chi connectivity index (χ0) is 16.7. The quantitative estimate of drug-likeness (QED) is 0.733. The molecule has 0 unspecified atom stereocenters. The molecule has 1 aromatic carbocycles. The molecule has 0 N–H and O–H groups in total. The summed E-state index contributed by atoms with van der Waals surface area (Å²) in [6.45, 7) is 5.01. The Hall–Kier alpha value is -2.54.